The van der Waals surface area contributed by atoms with E-state index in [-0.39, 0.29) is 29.8 Å². The number of nitro groups is 1. The second-order valence-corrected chi connectivity index (χ2v) is 4.10. The second kappa shape index (κ2) is 8.05. The molecule has 0 saturated heterocycles. The van der Waals surface area contributed by atoms with E-state index in [0.717, 1.165) is 0 Å². The van der Waals surface area contributed by atoms with E-state index in [1.165, 1.54) is 25.3 Å². The van der Waals surface area contributed by atoms with Crippen LogP contribution in [0.4, 0.5) is 5.69 Å². The third-order valence-corrected chi connectivity index (χ3v) is 2.65. The summed E-state index contributed by atoms with van der Waals surface area (Å²) in [5.41, 5.74) is 0.196. The number of carbonyl (C=O) groups excluding carboxylic acids is 2. The Morgan fingerprint density at radius 3 is 2.71 bits per heavy atom. The van der Waals surface area contributed by atoms with Crippen molar-refractivity contribution < 1.29 is 24.0 Å². The van der Waals surface area contributed by atoms with Gasteiger partial charge < -0.3 is 14.8 Å². The molecule has 0 unspecified atom stereocenters. The number of methoxy groups -OCH3 is 1. The van der Waals surface area contributed by atoms with Crippen LogP contribution in [0.5, 0.6) is 5.75 Å². The van der Waals surface area contributed by atoms with Crippen LogP contribution in [-0.4, -0.2) is 36.4 Å². The van der Waals surface area contributed by atoms with Crippen molar-refractivity contribution in [2.75, 3.05) is 19.6 Å². The van der Waals surface area contributed by atoms with Gasteiger partial charge in [0.2, 0.25) is 5.91 Å². The van der Waals surface area contributed by atoms with Gasteiger partial charge in [-0.05, 0) is 11.6 Å². The first kappa shape index (κ1) is 16.7. The van der Waals surface area contributed by atoms with Gasteiger partial charge in [-0.2, -0.15) is 0 Å². The number of benzene rings is 1. The van der Waals surface area contributed by atoms with Crippen LogP contribution in [0, 0.1) is 10.1 Å². The third kappa shape index (κ3) is 5.27. The normalized spacial score (nSPS) is 9.81. The summed E-state index contributed by atoms with van der Waals surface area (Å²) in [6, 6.07) is 4.14. The van der Waals surface area contributed by atoms with Crippen molar-refractivity contribution in [3.63, 3.8) is 0 Å². The number of nitro benzene ring substituents is 1. The summed E-state index contributed by atoms with van der Waals surface area (Å²) in [6.07, 6.45) is 0. The molecule has 1 amide bonds. The summed E-state index contributed by atoms with van der Waals surface area (Å²) in [5.74, 6) is -1.28. The molecule has 0 spiro atoms. The fourth-order valence-electron chi connectivity index (χ4n) is 1.38. The van der Waals surface area contributed by atoms with Crippen LogP contribution >= 0.6 is 11.6 Å². The molecule has 1 aromatic carbocycles. The molecule has 0 aliphatic carbocycles. The standard InChI is InChI=1S/C12H13ClN2O6/c1-20-12(17)7-21-10-3-2-8(4-9(10)15(18)19)6-14-11(16)5-13/h2-4H,5-7H2,1H3,(H,14,16). The fourth-order valence-corrected chi connectivity index (χ4v) is 1.48. The number of hydrogen-bond acceptors (Lipinski definition) is 6. The van der Waals surface area contributed by atoms with E-state index in [1.807, 2.05) is 0 Å². The van der Waals surface area contributed by atoms with Crippen LogP contribution in [0.1, 0.15) is 5.56 Å². The van der Waals surface area contributed by atoms with Gasteiger partial charge in [-0.25, -0.2) is 4.79 Å². The average Bonchev–Trinajstić information content (AvgIpc) is 2.50. The fraction of sp³-hybridized carbons (Fsp3) is 0.333. The number of nitrogens with one attached hydrogen (secondary N) is 1. The van der Waals surface area contributed by atoms with Crippen molar-refractivity contribution >= 4 is 29.2 Å². The first-order chi connectivity index (χ1) is 9.97. The number of amides is 1. The Bertz CT molecular complexity index is 549. The molecule has 0 aliphatic rings. The van der Waals surface area contributed by atoms with Gasteiger partial charge in [0.05, 0.1) is 12.0 Å². The zero-order chi connectivity index (χ0) is 15.8. The Balaban J connectivity index is 2.83. The van der Waals surface area contributed by atoms with E-state index < -0.39 is 17.5 Å². The number of ether oxygens (including phenoxy) is 2. The van der Waals surface area contributed by atoms with E-state index >= 15 is 0 Å². The molecule has 8 nitrogen and oxygen atoms in total. The molecule has 0 heterocycles. The molecule has 0 bridgehead atoms. The summed E-state index contributed by atoms with van der Waals surface area (Å²) in [6.45, 7) is -0.330. The van der Waals surface area contributed by atoms with Crippen LogP contribution in [0.3, 0.4) is 0 Å². The van der Waals surface area contributed by atoms with Gasteiger partial charge in [-0.1, -0.05) is 6.07 Å². The van der Waals surface area contributed by atoms with Crippen LogP contribution in [0.2, 0.25) is 0 Å². The molecule has 114 valence electrons. The monoisotopic (exact) mass is 316 g/mol. The molecule has 0 aromatic heterocycles. The van der Waals surface area contributed by atoms with E-state index in [4.69, 9.17) is 16.3 Å². The summed E-state index contributed by atoms with van der Waals surface area (Å²) in [4.78, 5) is 32.3. The van der Waals surface area contributed by atoms with Crippen molar-refractivity contribution in [3.05, 3.63) is 33.9 Å². The molecule has 0 fully saturated rings. The highest BCUT2D eigenvalue weighted by Crippen LogP contribution is 2.28. The molecule has 0 saturated carbocycles. The maximum Gasteiger partial charge on any atom is 0.343 e. The van der Waals surface area contributed by atoms with Gasteiger partial charge in [0.25, 0.3) is 0 Å². The van der Waals surface area contributed by atoms with E-state index in [9.17, 15) is 19.7 Å². The van der Waals surface area contributed by atoms with Gasteiger partial charge >= 0.3 is 11.7 Å². The molecular formula is C12H13ClN2O6. The maximum atomic E-state index is 11.0. The Morgan fingerprint density at radius 2 is 2.14 bits per heavy atom. The van der Waals surface area contributed by atoms with Gasteiger partial charge in [-0.15, -0.1) is 11.6 Å². The van der Waals surface area contributed by atoms with Gasteiger partial charge in [-0.3, -0.25) is 14.9 Å². The smallest absolute Gasteiger partial charge is 0.343 e. The van der Waals surface area contributed by atoms with E-state index in [0.29, 0.717) is 5.56 Å². The van der Waals surface area contributed by atoms with Crippen molar-refractivity contribution in [2.45, 2.75) is 6.54 Å². The number of hydrogen-bond donors (Lipinski definition) is 1. The topological polar surface area (TPSA) is 108 Å². The molecular weight excluding hydrogens is 304 g/mol. The number of rotatable bonds is 7. The lowest BCUT2D eigenvalue weighted by molar-refractivity contribution is -0.385. The number of carbonyl (C=O) groups is 2. The highest BCUT2D eigenvalue weighted by Gasteiger charge is 2.17. The van der Waals surface area contributed by atoms with Crippen molar-refractivity contribution in [2.24, 2.45) is 0 Å². The summed E-state index contributed by atoms with van der Waals surface area (Å²) < 4.78 is 9.41. The molecule has 21 heavy (non-hydrogen) atoms. The lowest BCUT2D eigenvalue weighted by Crippen LogP contribution is -2.23. The van der Waals surface area contributed by atoms with Gasteiger partial charge in [0.1, 0.15) is 5.88 Å². The molecule has 1 N–H and O–H groups in total. The number of nitrogens with zero attached hydrogens (tertiary/aromatic N) is 1. The Labute approximate surface area is 125 Å². The Morgan fingerprint density at radius 1 is 1.43 bits per heavy atom. The van der Waals surface area contributed by atoms with Gasteiger partial charge in [0, 0.05) is 12.6 Å². The lowest BCUT2D eigenvalue weighted by atomic mass is 10.2. The van der Waals surface area contributed by atoms with Crippen LogP contribution in [0.15, 0.2) is 18.2 Å². The average molecular weight is 317 g/mol. The number of esters is 1. The molecule has 1 aromatic rings. The number of halogens is 1. The SMILES string of the molecule is COC(=O)COc1ccc(CNC(=O)CCl)cc1[N+](=O)[O-]. The van der Waals surface area contributed by atoms with Crippen LogP contribution in [0.25, 0.3) is 0 Å². The van der Waals surface area contributed by atoms with Crippen LogP contribution in [-0.2, 0) is 20.9 Å². The highest BCUT2D eigenvalue weighted by atomic mass is 35.5. The second-order valence-electron chi connectivity index (χ2n) is 3.83. The van der Waals surface area contributed by atoms with Crippen LogP contribution < -0.4 is 10.1 Å². The zero-order valence-electron chi connectivity index (χ0n) is 11.1. The van der Waals surface area contributed by atoms with Crippen molar-refractivity contribution in [1.29, 1.82) is 0 Å². The third-order valence-electron chi connectivity index (χ3n) is 2.40. The predicted molar refractivity (Wildman–Crippen MR) is 73.2 cm³/mol. The highest BCUT2D eigenvalue weighted by molar-refractivity contribution is 6.27. The Hall–Kier alpha value is -2.35. The molecule has 0 atom stereocenters. The number of alkyl halides is 1. The summed E-state index contributed by atoms with van der Waals surface area (Å²) in [7, 11) is 1.18. The molecule has 0 aliphatic heterocycles. The molecule has 0 radical (unpaired) electrons. The minimum Gasteiger partial charge on any atom is -0.475 e. The first-order valence-electron chi connectivity index (χ1n) is 5.77. The van der Waals surface area contributed by atoms with Gasteiger partial charge in [0.15, 0.2) is 12.4 Å². The lowest BCUT2D eigenvalue weighted by Gasteiger charge is -2.08. The van der Waals surface area contributed by atoms with Crippen molar-refractivity contribution in [1.82, 2.24) is 5.32 Å². The summed E-state index contributed by atoms with van der Waals surface area (Å²) >= 11 is 5.33. The first-order valence-corrected chi connectivity index (χ1v) is 6.31. The molecule has 1 rings (SSSR count). The summed E-state index contributed by atoms with van der Waals surface area (Å²) in [5, 5.41) is 13.5. The largest absolute Gasteiger partial charge is 0.475 e. The minimum absolute atomic E-state index is 0.0576. The maximum absolute atomic E-state index is 11.0. The quantitative estimate of drug-likeness (QED) is 0.348. The Kier molecular flexibility index (Phi) is 6.41. The van der Waals surface area contributed by atoms with Crippen molar-refractivity contribution in [3.8, 4) is 5.75 Å². The van der Waals surface area contributed by atoms with E-state index in [1.54, 1.807) is 0 Å². The molecule has 9 heteroatoms. The predicted octanol–water partition coefficient (Wildman–Crippen LogP) is 1.00. The van der Waals surface area contributed by atoms with E-state index in [2.05, 4.69) is 10.1 Å². The minimum atomic E-state index is -0.650. The zero-order valence-corrected chi connectivity index (χ0v) is 11.9.